The van der Waals surface area contributed by atoms with E-state index < -0.39 is 18.1 Å². The van der Waals surface area contributed by atoms with Gasteiger partial charge in [0.05, 0.1) is 23.5 Å². The number of anilines is 2. The smallest absolute Gasteiger partial charge is 0.437 e. The van der Waals surface area contributed by atoms with E-state index in [9.17, 15) is 23.1 Å². The van der Waals surface area contributed by atoms with Crippen LogP contribution in [0.15, 0.2) is 18.2 Å². The Morgan fingerprint density at radius 1 is 1.31 bits per heavy atom. The van der Waals surface area contributed by atoms with Gasteiger partial charge in [-0.3, -0.25) is 9.48 Å². The number of carbonyl (C=O) groups excluding carboxylic acids is 1. The molecule has 1 atom stereocenters. The molecule has 1 aliphatic heterocycles. The predicted molar refractivity (Wildman–Crippen MR) is 114 cm³/mol. The summed E-state index contributed by atoms with van der Waals surface area (Å²) in [4.78, 5) is 16.4. The second-order valence-corrected chi connectivity index (χ2v) is 7.88. The molecule has 2 N–H and O–H groups in total. The number of nitrogens with one attached hydrogen (secondary N) is 1. The second-order valence-electron chi connectivity index (χ2n) is 7.47. The third-order valence-corrected chi connectivity index (χ3v) is 5.56. The summed E-state index contributed by atoms with van der Waals surface area (Å²) < 4.78 is 46.3. The lowest BCUT2D eigenvalue weighted by molar-refractivity contribution is -0.141. The van der Waals surface area contributed by atoms with E-state index in [-0.39, 0.29) is 23.8 Å². The van der Waals surface area contributed by atoms with Crippen LogP contribution >= 0.6 is 11.6 Å². The van der Waals surface area contributed by atoms with E-state index in [0.717, 1.165) is 10.4 Å². The van der Waals surface area contributed by atoms with Gasteiger partial charge in [-0.2, -0.15) is 18.3 Å². The number of hydrogen-bond acceptors (Lipinski definition) is 6. The lowest BCUT2D eigenvalue weighted by Gasteiger charge is -2.36. The first-order valence-electron chi connectivity index (χ1n) is 9.96. The normalized spacial score (nSPS) is 15.6. The minimum atomic E-state index is -4.72. The van der Waals surface area contributed by atoms with Gasteiger partial charge < -0.3 is 25.0 Å². The summed E-state index contributed by atoms with van der Waals surface area (Å²) in [5.74, 6) is 0.222. The number of aliphatic hydroxyl groups excluding tert-OH is 1. The van der Waals surface area contributed by atoms with Gasteiger partial charge in [0, 0.05) is 37.9 Å². The molecule has 1 aromatic carbocycles. The van der Waals surface area contributed by atoms with Gasteiger partial charge in [0.1, 0.15) is 18.5 Å². The molecule has 0 spiro atoms. The lowest BCUT2D eigenvalue weighted by atomic mass is 10.2. The maximum Gasteiger partial charge on any atom is 0.437 e. The van der Waals surface area contributed by atoms with Gasteiger partial charge in [-0.15, -0.1) is 0 Å². The summed E-state index contributed by atoms with van der Waals surface area (Å²) in [5.41, 5.74) is -0.463. The Kier molecular flexibility index (Phi) is 7.09. The second kappa shape index (κ2) is 9.45. The van der Waals surface area contributed by atoms with E-state index in [0.29, 0.717) is 37.0 Å². The monoisotopic (exact) mass is 475 g/mol. The minimum Gasteiger partial charge on any atom is -0.495 e. The fraction of sp³-hybridized carbons (Fsp3) is 0.500. The Hall–Kier alpha value is -2.66. The van der Waals surface area contributed by atoms with Crippen molar-refractivity contribution >= 4 is 28.9 Å². The minimum absolute atomic E-state index is 0.124. The molecule has 1 fully saturated rings. The van der Waals surface area contributed by atoms with E-state index in [2.05, 4.69) is 15.3 Å². The van der Waals surface area contributed by atoms with Crippen molar-refractivity contribution in [2.75, 3.05) is 43.5 Å². The molecule has 0 aliphatic carbocycles. The molecule has 1 amide bonds. The summed E-state index contributed by atoms with van der Waals surface area (Å²) in [7, 11) is 1.53. The fourth-order valence-corrected chi connectivity index (χ4v) is 3.76. The van der Waals surface area contributed by atoms with Crippen molar-refractivity contribution in [1.82, 2.24) is 14.7 Å². The van der Waals surface area contributed by atoms with Crippen LogP contribution in [0.4, 0.5) is 24.5 Å². The zero-order valence-electron chi connectivity index (χ0n) is 17.9. The van der Waals surface area contributed by atoms with Crippen LogP contribution in [-0.4, -0.2) is 65.2 Å². The maximum atomic E-state index is 13.4. The van der Waals surface area contributed by atoms with E-state index in [1.165, 1.54) is 21.0 Å². The highest BCUT2D eigenvalue weighted by Crippen LogP contribution is 2.36. The number of nitrogens with zero attached hydrogens (tertiary/aromatic N) is 4. The highest BCUT2D eigenvalue weighted by molar-refractivity contribution is 6.32. The van der Waals surface area contributed by atoms with Crippen LogP contribution in [0.25, 0.3) is 0 Å². The van der Waals surface area contributed by atoms with E-state index in [1.54, 1.807) is 11.0 Å². The number of ether oxygens (including phenoxy) is 1. The molecule has 0 saturated carbocycles. The molecule has 176 valence electrons. The number of carbonyl (C=O) groups is 1. The number of piperazine rings is 1. The van der Waals surface area contributed by atoms with Crippen molar-refractivity contribution in [3.8, 4) is 5.75 Å². The highest BCUT2D eigenvalue weighted by Gasteiger charge is 2.39. The first-order chi connectivity index (χ1) is 15.0. The molecular formula is C20H25ClF3N5O3. The number of aromatic nitrogens is 2. The number of benzene rings is 1. The highest BCUT2D eigenvalue weighted by atomic mass is 35.5. The van der Waals surface area contributed by atoms with E-state index >= 15 is 0 Å². The molecule has 1 unspecified atom stereocenters. The van der Waals surface area contributed by atoms with Crippen LogP contribution in [0.1, 0.15) is 18.3 Å². The standard InChI is InChI=1S/C20H25ClF3N5O3/c1-12-18(25-13(2)30)19(20(22,23)24)26-29(12)11-17(31)28-8-6-27(7-9-28)14-4-5-15(21)16(10-14)32-3/h4-5,10,13,25,30H,6-9,11H2,1-3H3. The summed E-state index contributed by atoms with van der Waals surface area (Å²) in [6.45, 7) is 4.33. The maximum absolute atomic E-state index is 13.4. The lowest BCUT2D eigenvalue weighted by Crippen LogP contribution is -2.49. The number of aliphatic hydroxyl groups is 1. The van der Waals surface area contributed by atoms with Gasteiger partial charge in [0.2, 0.25) is 5.91 Å². The van der Waals surface area contributed by atoms with Crippen LogP contribution in [0.3, 0.4) is 0 Å². The van der Waals surface area contributed by atoms with Crippen molar-refractivity contribution < 1.29 is 27.8 Å². The largest absolute Gasteiger partial charge is 0.495 e. The van der Waals surface area contributed by atoms with E-state index in [4.69, 9.17) is 16.3 Å². The van der Waals surface area contributed by atoms with Crippen LogP contribution in [0.2, 0.25) is 5.02 Å². The fourth-order valence-electron chi connectivity index (χ4n) is 3.57. The van der Waals surface area contributed by atoms with Gasteiger partial charge in [-0.1, -0.05) is 11.6 Å². The molecule has 2 heterocycles. The summed E-state index contributed by atoms with van der Waals surface area (Å²) in [5, 5.41) is 15.9. The van der Waals surface area contributed by atoms with Gasteiger partial charge in [-0.25, -0.2) is 0 Å². The first kappa shape index (κ1) is 24.0. The van der Waals surface area contributed by atoms with Crippen molar-refractivity contribution in [1.29, 1.82) is 0 Å². The Bertz CT molecular complexity index is 972. The summed E-state index contributed by atoms with van der Waals surface area (Å²) in [6.07, 6.45) is -5.93. The van der Waals surface area contributed by atoms with Gasteiger partial charge in [-0.05, 0) is 26.0 Å². The topological polar surface area (TPSA) is 82.9 Å². The SMILES string of the molecule is COc1cc(N2CCN(C(=O)Cn3nc(C(F)(F)F)c(NC(C)O)c3C)CC2)ccc1Cl. The number of rotatable bonds is 6. The third-order valence-electron chi connectivity index (χ3n) is 5.25. The van der Waals surface area contributed by atoms with Crippen molar-refractivity contribution in [2.45, 2.75) is 32.8 Å². The molecule has 1 aliphatic rings. The number of halogens is 4. The van der Waals surface area contributed by atoms with E-state index in [1.807, 2.05) is 12.1 Å². The Labute approximate surface area is 188 Å². The summed E-state index contributed by atoms with van der Waals surface area (Å²) in [6, 6.07) is 5.43. The number of amides is 1. The Morgan fingerprint density at radius 2 is 1.97 bits per heavy atom. The van der Waals surface area contributed by atoms with Gasteiger partial charge >= 0.3 is 6.18 Å². The van der Waals surface area contributed by atoms with Crippen LogP contribution in [0.5, 0.6) is 5.75 Å². The molecule has 8 nitrogen and oxygen atoms in total. The number of alkyl halides is 3. The Morgan fingerprint density at radius 3 is 2.53 bits per heavy atom. The van der Waals surface area contributed by atoms with Gasteiger partial charge in [0.15, 0.2) is 5.69 Å². The van der Waals surface area contributed by atoms with Gasteiger partial charge in [0.25, 0.3) is 0 Å². The van der Waals surface area contributed by atoms with Crippen LogP contribution in [0, 0.1) is 6.92 Å². The van der Waals surface area contributed by atoms with Crippen molar-refractivity contribution in [3.05, 3.63) is 34.6 Å². The summed E-state index contributed by atoms with van der Waals surface area (Å²) >= 11 is 6.07. The van der Waals surface area contributed by atoms with Crippen molar-refractivity contribution in [2.24, 2.45) is 0 Å². The molecule has 0 radical (unpaired) electrons. The Balaban J connectivity index is 1.68. The zero-order valence-corrected chi connectivity index (χ0v) is 18.7. The van der Waals surface area contributed by atoms with Crippen LogP contribution in [-0.2, 0) is 17.5 Å². The van der Waals surface area contributed by atoms with Crippen molar-refractivity contribution in [3.63, 3.8) is 0 Å². The average molecular weight is 476 g/mol. The molecular weight excluding hydrogens is 451 g/mol. The zero-order chi connectivity index (χ0) is 23.6. The third kappa shape index (κ3) is 5.21. The van der Waals surface area contributed by atoms with Crippen LogP contribution < -0.4 is 15.0 Å². The number of hydrogen-bond donors (Lipinski definition) is 2. The molecule has 1 aromatic heterocycles. The molecule has 0 bridgehead atoms. The average Bonchev–Trinajstić information content (AvgIpc) is 3.04. The molecule has 12 heteroatoms. The molecule has 32 heavy (non-hydrogen) atoms. The molecule has 2 aromatic rings. The molecule has 3 rings (SSSR count). The predicted octanol–water partition coefficient (Wildman–Crippen LogP) is 2.97. The quantitative estimate of drug-likeness (QED) is 0.625. The number of methoxy groups -OCH3 is 1. The first-order valence-corrected chi connectivity index (χ1v) is 10.3. The molecule has 1 saturated heterocycles.